The van der Waals surface area contributed by atoms with Gasteiger partial charge in [-0.2, -0.15) is 5.26 Å². The molecule has 0 aliphatic rings. The molecule has 0 aliphatic heterocycles. The number of benzene rings is 3. The number of anilines is 2. The van der Waals surface area contributed by atoms with Crippen molar-refractivity contribution in [2.45, 2.75) is 6.92 Å². The van der Waals surface area contributed by atoms with Gasteiger partial charge in [0.15, 0.2) is 6.61 Å². The van der Waals surface area contributed by atoms with Crippen LogP contribution in [0, 0.1) is 18.3 Å². The van der Waals surface area contributed by atoms with Gasteiger partial charge in [0.25, 0.3) is 11.8 Å². The fourth-order valence-electron chi connectivity index (χ4n) is 2.86. The van der Waals surface area contributed by atoms with Gasteiger partial charge >= 0.3 is 0 Å². The molecule has 8 heteroatoms. The molecule has 0 heterocycles. The zero-order chi connectivity index (χ0) is 24.5. The molecule has 34 heavy (non-hydrogen) atoms. The number of nitrogens with one attached hydrogen (secondary N) is 2. The maximum absolute atomic E-state index is 12.4. The van der Waals surface area contributed by atoms with E-state index in [1.54, 1.807) is 67.8 Å². The van der Waals surface area contributed by atoms with Crippen molar-refractivity contribution in [2.24, 2.45) is 0 Å². The molecule has 0 spiro atoms. The van der Waals surface area contributed by atoms with E-state index in [0.29, 0.717) is 33.5 Å². The van der Waals surface area contributed by atoms with Gasteiger partial charge < -0.3 is 20.1 Å². The summed E-state index contributed by atoms with van der Waals surface area (Å²) in [6.07, 6.45) is 1.47. The number of halogens is 1. The van der Waals surface area contributed by atoms with Crippen LogP contribution in [0.25, 0.3) is 6.08 Å². The summed E-state index contributed by atoms with van der Waals surface area (Å²) in [5.74, 6) is 0.274. The summed E-state index contributed by atoms with van der Waals surface area (Å²) in [6.45, 7) is 1.69. The van der Waals surface area contributed by atoms with Crippen LogP contribution in [0.2, 0.25) is 5.02 Å². The number of aryl methyl sites for hydroxylation is 1. The van der Waals surface area contributed by atoms with Crippen molar-refractivity contribution in [1.82, 2.24) is 0 Å². The van der Waals surface area contributed by atoms with Crippen molar-refractivity contribution < 1.29 is 19.1 Å². The molecule has 3 rings (SSSR count). The number of ether oxygens (including phenoxy) is 2. The third kappa shape index (κ3) is 6.86. The molecule has 0 aromatic heterocycles. The number of hydrogen-bond donors (Lipinski definition) is 2. The Balaban J connectivity index is 1.56. The molecule has 3 aromatic rings. The van der Waals surface area contributed by atoms with Crippen molar-refractivity contribution in [3.63, 3.8) is 0 Å². The lowest BCUT2D eigenvalue weighted by Crippen LogP contribution is -2.20. The second-order valence-electron chi connectivity index (χ2n) is 7.22. The lowest BCUT2D eigenvalue weighted by molar-refractivity contribution is -0.118. The Morgan fingerprint density at radius 3 is 2.24 bits per heavy atom. The molecule has 7 nitrogen and oxygen atoms in total. The van der Waals surface area contributed by atoms with Gasteiger partial charge in [-0.25, -0.2) is 0 Å². The van der Waals surface area contributed by atoms with E-state index in [-0.39, 0.29) is 18.1 Å². The molecule has 0 fully saturated rings. The molecular weight excluding hydrogens is 454 g/mol. The lowest BCUT2D eigenvalue weighted by Gasteiger charge is -2.09. The predicted molar refractivity (Wildman–Crippen MR) is 132 cm³/mol. The first kappa shape index (κ1) is 24.4. The molecular formula is C26H22ClN3O4. The smallest absolute Gasteiger partial charge is 0.266 e. The minimum atomic E-state index is -0.527. The highest BCUT2D eigenvalue weighted by atomic mass is 35.5. The monoisotopic (exact) mass is 475 g/mol. The standard InChI is InChI=1S/C26H22ClN3O4/c1-17-3-6-21(14-24(17)27)29-25(31)16-34-23-9-4-18(5-10-23)13-19(15-28)26(32)30-20-7-11-22(33-2)12-8-20/h3-14H,16H2,1-2H3,(H,29,31)(H,30,32)/b19-13-. The molecule has 0 radical (unpaired) electrons. The normalized spacial score (nSPS) is 10.7. The van der Waals surface area contributed by atoms with Crippen molar-refractivity contribution in [1.29, 1.82) is 5.26 Å². The van der Waals surface area contributed by atoms with Crippen LogP contribution < -0.4 is 20.1 Å². The Bertz CT molecular complexity index is 1250. The van der Waals surface area contributed by atoms with Crippen LogP contribution in [0.5, 0.6) is 11.5 Å². The van der Waals surface area contributed by atoms with E-state index in [1.807, 2.05) is 19.1 Å². The van der Waals surface area contributed by atoms with Gasteiger partial charge in [-0.1, -0.05) is 29.8 Å². The minimum absolute atomic E-state index is 0.0550. The Hall–Kier alpha value is -4.28. The van der Waals surface area contributed by atoms with Gasteiger partial charge in [0.05, 0.1) is 7.11 Å². The fourth-order valence-corrected chi connectivity index (χ4v) is 3.05. The van der Waals surface area contributed by atoms with Crippen LogP contribution >= 0.6 is 11.6 Å². The van der Waals surface area contributed by atoms with Crippen LogP contribution in [0.1, 0.15) is 11.1 Å². The van der Waals surface area contributed by atoms with Crippen LogP contribution in [0.4, 0.5) is 11.4 Å². The number of carbonyl (C=O) groups excluding carboxylic acids is 2. The summed E-state index contributed by atoms with van der Waals surface area (Å²) in [6, 6.07) is 20.6. The van der Waals surface area contributed by atoms with Crippen molar-refractivity contribution in [3.8, 4) is 17.6 Å². The largest absolute Gasteiger partial charge is 0.497 e. The van der Waals surface area contributed by atoms with Crippen LogP contribution in [-0.4, -0.2) is 25.5 Å². The molecule has 172 valence electrons. The van der Waals surface area contributed by atoms with Crippen LogP contribution in [0.3, 0.4) is 0 Å². The maximum Gasteiger partial charge on any atom is 0.266 e. The fraction of sp³-hybridized carbons (Fsp3) is 0.115. The second kappa shape index (κ2) is 11.5. The molecule has 0 saturated heterocycles. The van der Waals surface area contributed by atoms with E-state index >= 15 is 0 Å². The first-order chi connectivity index (χ1) is 16.4. The summed E-state index contributed by atoms with van der Waals surface area (Å²) in [5.41, 5.74) is 2.62. The Labute approximate surface area is 202 Å². The predicted octanol–water partition coefficient (Wildman–Crippen LogP) is 5.22. The molecule has 0 aliphatic carbocycles. The third-order valence-electron chi connectivity index (χ3n) is 4.73. The van der Waals surface area contributed by atoms with Crippen LogP contribution in [0.15, 0.2) is 72.3 Å². The number of nitrogens with zero attached hydrogens (tertiary/aromatic N) is 1. The van der Waals surface area contributed by atoms with E-state index in [0.717, 1.165) is 5.56 Å². The molecule has 0 atom stereocenters. The zero-order valence-electron chi connectivity index (χ0n) is 18.6. The third-order valence-corrected chi connectivity index (χ3v) is 5.14. The minimum Gasteiger partial charge on any atom is -0.497 e. The number of nitriles is 1. The topological polar surface area (TPSA) is 100 Å². The summed E-state index contributed by atoms with van der Waals surface area (Å²) in [5, 5.41) is 15.4. The number of rotatable bonds is 8. The van der Waals surface area contributed by atoms with Crippen LogP contribution in [-0.2, 0) is 9.59 Å². The molecule has 3 aromatic carbocycles. The molecule has 0 bridgehead atoms. The SMILES string of the molecule is COc1ccc(NC(=O)/C(C#N)=C\c2ccc(OCC(=O)Nc3ccc(C)c(Cl)c3)cc2)cc1. The van der Waals surface area contributed by atoms with E-state index in [4.69, 9.17) is 21.1 Å². The zero-order valence-corrected chi connectivity index (χ0v) is 19.3. The van der Waals surface area contributed by atoms with E-state index in [2.05, 4.69) is 10.6 Å². The number of carbonyl (C=O) groups is 2. The van der Waals surface area contributed by atoms with E-state index in [1.165, 1.54) is 6.08 Å². The number of amides is 2. The summed E-state index contributed by atoms with van der Waals surface area (Å²) in [4.78, 5) is 24.5. The van der Waals surface area contributed by atoms with E-state index in [9.17, 15) is 14.9 Å². The first-order valence-corrected chi connectivity index (χ1v) is 10.6. The quantitative estimate of drug-likeness (QED) is 0.343. The molecule has 0 saturated carbocycles. The van der Waals surface area contributed by atoms with Crippen molar-refractivity contribution >= 4 is 40.9 Å². The molecule has 0 unspecified atom stereocenters. The summed E-state index contributed by atoms with van der Waals surface area (Å²) < 4.78 is 10.6. The van der Waals surface area contributed by atoms with Gasteiger partial charge in [0, 0.05) is 16.4 Å². The lowest BCUT2D eigenvalue weighted by atomic mass is 10.1. The highest BCUT2D eigenvalue weighted by molar-refractivity contribution is 6.31. The second-order valence-corrected chi connectivity index (χ2v) is 7.63. The van der Waals surface area contributed by atoms with Crippen molar-refractivity contribution in [3.05, 3.63) is 88.5 Å². The average molecular weight is 476 g/mol. The van der Waals surface area contributed by atoms with Crippen molar-refractivity contribution in [2.75, 3.05) is 24.4 Å². The molecule has 2 amide bonds. The number of hydrogen-bond acceptors (Lipinski definition) is 5. The first-order valence-electron chi connectivity index (χ1n) is 10.2. The number of methoxy groups -OCH3 is 1. The van der Waals surface area contributed by atoms with Gasteiger partial charge in [-0.3, -0.25) is 9.59 Å². The van der Waals surface area contributed by atoms with Gasteiger partial charge in [0.2, 0.25) is 0 Å². The maximum atomic E-state index is 12.4. The highest BCUT2D eigenvalue weighted by Gasteiger charge is 2.10. The molecule has 2 N–H and O–H groups in total. The highest BCUT2D eigenvalue weighted by Crippen LogP contribution is 2.20. The Morgan fingerprint density at radius 1 is 0.971 bits per heavy atom. The van der Waals surface area contributed by atoms with Gasteiger partial charge in [0.1, 0.15) is 23.1 Å². The average Bonchev–Trinajstić information content (AvgIpc) is 2.84. The van der Waals surface area contributed by atoms with E-state index < -0.39 is 5.91 Å². The Kier molecular flexibility index (Phi) is 8.27. The van der Waals surface area contributed by atoms with Gasteiger partial charge in [-0.15, -0.1) is 0 Å². The van der Waals surface area contributed by atoms with Gasteiger partial charge in [-0.05, 0) is 72.7 Å². The Morgan fingerprint density at radius 2 is 1.62 bits per heavy atom. The summed E-state index contributed by atoms with van der Waals surface area (Å²) in [7, 11) is 1.55. The summed E-state index contributed by atoms with van der Waals surface area (Å²) >= 11 is 6.07.